The number of ether oxygens (including phenoxy) is 1. The smallest absolute Gasteiger partial charge is 0.310 e. The maximum absolute atomic E-state index is 12.1. The van der Waals surface area contributed by atoms with Crippen molar-refractivity contribution in [3.63, 3.8) is 0 Å². The Morgan fingerprint density at radius 2 is 1.80 bits per heavy atom. The van der Waals surface area contributed by atoms with Gasteiger partial charge in [0.1, 0.15) is 11.4 Å². The molecule has 0 spiro atoms. The molecule has 0 N–H and O–H groups in total. The first kappa shape index (κ1) is 14.8. The minimum Gasteiger partial charge on any atom is -0.460 e. The van der Waals surface area contributed by atoms with Gasteiger partial charge in [0.2, 0.25) is 0 Å². The first-order valence-electron chi connectivity index (χ1n) is 7.16. The molecule has 0 saturated heterocycles. The zero-order valence-electron chi connectivity index (χ0n) is 12.4. The lowest BCUT2D eigenvalue weighted by molar-refractivity contribution is -0.157. The summed E-state index contributed by atoms with van der Waals surface area (Å²) in [4.78, 5) is 23.9. The number of rotatable bonds is 5. The quantitative estimate of drug-likeness (QED) is 0.775. The Morgan fingerprint density at radius 1 is 1.15 bits per heavy atom. The molecule has 3 heteroatoms. The Balaban J connectivity index is 1.77. The van der Waals surface area contributed by atoms with Crippen LogP contribution < -0.4 is 0 Å². The van der Waals surface area contributed by atoms with Gasteiger partial charge in [-0.2, -0.15) is 0 Å². The van der Waals surface area contributed by atoms with Crippen molar-refractivity contribution in [1.82, 2.24) is 0 Å². The summed E-state index contributed by atoms with van der Waals surface area (Å²) in [6.07, 6.45) is 1.91. The van der Waals surface area contributed by atoms with Crippen LogP contribution >= 0.6 is 0 Å². The molecular formula is C17H22O3. The highest BCUT2D eigenvalue weighted by Gasteiger charge is 2.49. The molecule has 1 aliphatic rings. The number of esters is 1. The van der Waals surface area contributed by atoms with Crippen LogP contribution in [0.2, 0.25) is 0 Å². The second-order valence-corrected chi connectivity index (χ2v) is 6.43. The van der Waals surface area contributed by atoms with Crippen LogP contribution in [0.1, 0.15) is 39.2 Å². The standard InChI is InChI=1S/C17H22O3/c1-17(2,3)20-16(19)14-11-13(14)15(18)10-9-12-7-5-4-6-8-12/h4-8,13-14H,9-11H2,1-3H3/t13-,14-/m0/s1. The molecule has 0 heterocycles. The maximum Gasteiger partial charge on any atom is 0.310 e. The van der Waals surface area contributed by atoms with E-state index in [4.69, 9.17) is 4.74 Å². The van der Waals surface area contributed by atoms with Crippen molar-refractivity contribution < 1.29 is 14.3 Å². The average Bonchev–Trinajstić information content (AvgIpc) is 3.15. The van der Waals surface area contributed by atoms with E-state index in [0.717, 1.165) is 12.0 Å². The summed E-state index contributed by atoms with van der Waals surface area (Å²) in [5, 5.41) is 0. The van der Waals surface area contributed by atoms with Gasteiger partial charge in [0.15, 0.2) is 0 Å². The second-order valence-electron chi connectivity index (χ2n) is 6.43. The Labute approximate surface area is 120 Å². The third kappa shape index (κ3) is 4.19. The van der Waals surface area contributed by atoms with Crippen molar-refractivity contribution in [1.29, 1.82) is 0 Å². The molecule has 2 rings (SSSR count). The molecule has 1 aromatic rings. The van der Waals surface area contributed by atoms with Crippen molar-refractivity contribution in [2.45, 2.75) is 45.6 Å². The molecule has 0 aliphatic heterocycles. The van der Waals surface area contributed by atoms with Gasteiger partial charge in [-0.1, -0.05) is 30.3 Å². The van der Waals surface area contributed by atoms with E-state index in [1.165, 1.54) is 0 Å². The fraction of sp³-hybridized carbons (Fsp3) is 0.529. The van der Waals surface area contributed by atoms with E-state index in [9.17, 15) is 9.59 Å². The van der Waals surface area contributed by atoms with Gasteiger partial charge in [0.05, 0.1) is 5.92 Å². The third-order valence-corrected chi connectivity index (χ3v) is 3.42. The van der Waals surface area contributed by atoms with E-state index in [1.807, 2.05) is 51.1 Å². The van der Waals surface area contributed by atoms with E-state index in [1.54, 1.807) is 0 Å². The van der Waals surface area contributed by atoms with Crippen LogP contribution in [0.3, 0.4) is 0 Å². The Kier molecular flexibility index (Phi) is 4.26. The SMILES string of the molecule is CC(C)(C)OC(=O)[C@H]1C[C@@H]1C(=O)CCc1ccccc1. The Hall–Kier alpha value is -1.64. The van der Waals surface area contributed by atoms with Gasteiger partial charge in [-0.05, 0) is 39.2 Å². The largest absolute Gasteiger partial charge is 0.460 e. The molecule has 108 valence electrons. The molecule has 0 aromatic heterocycles. The summed E-state index contributed by atoms with van der Waals surface area (Å²) < 4.78 is 5.31. The van der Waals surface area contributed by atoms with Gasteiger partial charge in [-0.25, -0.2) is 0 Å². The molecule has 20 heavy (non-hydrogen) atoms. The molecule has 0 amide bonds. The number of aryl methyl sites for hydroxylation is 1. The van der Waals surface area contributed by atoms with Crippen LogP contribution in [-0.2, 0) is 20.7 Å². The van der Waals surface area contributed by atoms with Crippen LogP contribution in [0.5, 0.6) is 0 Å². The molecule has 3 nitrogen and oxygen atoms in total. The Bertz CT molecular complexity index is 485. The van der Waals surface area contributed by atoms with Crippen LogP contribution in [0.25, 0.3) is 0 Å². The fourth-order valence-electron chi connectivity index (χ4n) is 2.29. The molecule has 1 saturated carbocycles. The molecule has 1 aromatic carbocycles. The number of carbonyl (C=O) groups is 2. The lowest BCUT2D eigenvalue weighted by atomic mass is 10.0. The van der Waals surface area contributed by atoms with Crippen molar-refractivity contribution in [3.05, 3.63) is 35.9 Å². The van der Waals surface area contributed by atoms with Crippen LogP contribution in [0, 0.1) is 11.8 Å². The van der Waals surface area contributed by atoms with Gasteiger partial charge in [0, 0.05) is 12.3 Å². The second kappa shape index (κ2) is 5.78. The topological polar surface area (TPSA) is 43.4 Å². The summed E-state index contributed by atoms with van der Waals surface area (Å²) in [6.45, 7) is 5.54. The summed E-state index contributed by atoms with van der Waals surface area (Å²) in [6, 6.07) is 9.95. The molecule has 2 atom stereocenters. The predicted octanol–water partition coefficient (Wildman–Crippen LogP) is 3.17. The molecule has 1 fully saturated rings. The van der Waals surface area contributed by atoms with Gasteiger partial charge in [0.25, 0.3) is 0 Å². The Morgan fingerprint density at radius 3 is 2.40 bits per heavy atom. The third-order valence-electron chi connectivity index (χ3n) is 3.42. The first-order chi connectivity index (χ1) is 9.37. The van der Waals surface area contributed by atoms with E-state index in [0.29, 0.717) is 12.8 Å². The van der Waals surface area contributed by atoms with E-state index < -0.39 is 5.60 Å². The number of hydrogen-bond acceptors (Lipinski definition) is 3. The van der Waals surface area contributed by atoms with Crippen molar-refractivity contribution in [2.24, 2.45) is 11.8 Å². The number of benzene rings is 1. The van der Waals surface area contributed by atoms with Crippen molar-refractivity contribution in [3.8, 4) is 0 Å². The number of carbonyl (C=O) groups excluding carboxylic acids is 2. The van der Waals surface area contributed by atoms with Gasteiger partial charge in [-0.3, -0.25) is 9.59 Å². The van der Waals surface area contributed by atoms with Gasteiger partial charge >= 0.3 is 5.97 Å². The van der Waals surface area contributed by atoms with Crippen LogP contribution in [0.4, 0.5) is 0 Å². The predicted molar refractivity (Wildman–Crippen MR) is 77.2 cm³/mol. The van der Waals surface area contributed by atoms with E-state index in [2.05, 4.69) is 0 Å². The first-order valence-corrected chi connectivity index (χ1v) is 7.16. The summed E-state index contributed by atoms with van der Waals surface area (Å²) in [5.41, 5.74) is 0.687. The normalized spacial score (nSPS) is 21.4. The lowest BCUT2D eigenvalue weighted by Gasteiger charge is -2.19. The number of ketones is 1. The van der Waals surface area contributed by atoms with Gasteiger partial charge in [-0.15, -0.1) is 0 Å². The summed E-state index contributed by atoms with van der Waals surface area (Å²) >= 11 is 0. The van der Waals surface area contributed by atoms with Crippen molar-refractivity contribution in [2.75, 3.05) is 0 Å². The zero-order valence-corrected chi connectivity index (χ0v) is 12.4. The van der Waals surface area contributed by atoms with E-state index >= 15 is 0 Å². The van der Waals surface area contributed by atoms with Gasteiger partial charge < -0.3 is 4.74 Å². The summed E-state index contributed by atoms with van der Waals surface area (Å²) in [7, 11) is 0. The molecule has 0 unspecified atom stereocenters. The van der Waals surface area contributed by atoms with Crippen molar-refractivity contribution >= 4 is 11.8 Å². The minimum absolute atomic E-state index is 0.117. The highest BCUT2D eigenvalue weighted by Crippen LogP contribution is 2.41. The molecule has 0 bridgehead atoms. The molecular weight excluding hydrogens is 252 g/mol. The lowest BCUT2D eigenvalue weighted by Crippen LogP contribution is -2.25. The minimum atomic E-state index is -0.475. The molecule has 0 radical (unpaired) electrons. The maximum atomic E-state index is 12.1. The average molecular weight is 274 g/mol. The number of hydrogen-bond donors (Lipinski definition) is 0. The molecule has 1 aliphatic carbocycles. The number of Topliss-reactive ketones (excluding diaryl/α,β-unsaturated/α-hetero) is 1. The highest BCUT2D eigenvalue weighted by molar-refractivity contribution is 5.91. The van der Waals surface area contributed by atoms with Crippen LogP contribution in [-0.4, -0.2) is 17.4 Å². The van der Waals surface area contributed by atoms with E-state index in [-0.39, 0.29) is 23.6 Å². The zero-order chi connectivity index (χ0) is 14.8. The highest BCUT2D eigenvalue weighted by atomic mass is 16.6. The fourth-order valence-corrected chi connectivity index (χ4v) is 2.29. The monoisotopic (exact) mass is 274 g/mol. The summed E-state index contributed by atoms with van der Waals surface area (Å²) in [5.74, 6) is -0.369. The van der Waals surface area contributed by atoms with Crippen LogP contribution in [0.15, 0.2) is 30.3 Å².